The molecule has 0 N–H and O–H groups in total. The molecule has 0 aromatic carbocycles. The van der Waals surface area contributed by atoms with Gasteiger partial charge in [0.2, 0.25) is 0 Å². The van der Waals surface area contributed by atoms with Gasteiger partial charge in [0.15, 0.2) is 11.6 Å². The Bertz CT molecular complexity index is 370. The molecule has 0 radical (unpaired) electrons. The molecule has 0 heterocycles. The highest BCUT2D eigenvalue weighted by Crippen LogP contribution is 2.27. The molecule has 2 nitrogen and oxygen atoms in total. The summed E-state index contributed by atoms with van der Waals surface area (Å²) < 4.78 is 0. The van der Waals surface area contributed by atoms with E-state index in [2.05, 4.69) is 0 Å². The van der Waals surface area contributed by atoms with Crippen LogP contribution < -0.4 is 0 Å². The van der Waals surface area contributed by atoms with Gasteiger partial charge in [-0.1, -0.05) is 18.1 Å². The van der Waals surface area contributed by atoms with Gasteiger partial charge in [0.05, 0.1) is 0 Å². The van der Waals surface area contributed by atoms with Gasteiger partial charge in [-0.15, -0.1) is 0 Å². The fourth-order valence-corrected chi connectivity index (χ4v) is 2.35. The van der Waals surface area contributed by atoms with E-state index in [1.807, 2.05) is 27.7 Å². The molecular weight excluding hydrogens is 212 g/mol. The van der Waals surface area contributed by atoms with Crippen LogP contribution in [0, 0.1) is 11.8 Å². The molecule has 0 saturated heterocycles. The zero-order chi connectivity index (χ0) is 13.0. The van der Waals surface area contributed by atoms with Crippen LogP contribution in [-0.2, 0) is 9.59 Å². The molecule has 1 aliphatic rings. The molecule has 1 aliphatic carbocycles. The minimum absolute atomic E-state index is 0.00231. The summed E-state index contributed by atoms with van der Waals surface area (Å²) in [5.74, 6) is 0.483. The Morgan fingerprint density at radius 2 is 2.06 bits per heavy atom. The first-order chi connectivity index (χ1) is 7.90. The SMILES string of the molecule is CC(C)=CC(=O)[C@@H]1CC/C(C)=C\C(=O)C[C@H]1C. The molecule has 17 heavy (non-hydrogen) atoms. The van der Waals surface area contributed by atoms with E-state index in [0.717, 1.165) is 24.0 Å². The van der Waals surface area contributed by atoms with Gasteiger partial charge in [-0.25, -0.2) is 0 Å². The van der Waals surface area contributed by atoms with Gasteiger partial charge in [0.25, 0.3) is 0 Å². The zero-order valence-corrected chi connectivity index (χ0v) is 11.2. The standard InChI is InChI=1S/C15H22O2/c1-10(2)7-15(17)14-6-5-11(3)8-13(16)9-12(14)4/h7-8,12,14H,5-6,9H2,1-4H3/b11-8-/t12-,14-/m1/s1. The van der Waals surface area contributed by atoms with Crippen LogP contribution in [0.2, 0.25) is 0 Å². The van der Waals surface area contributed by atoms with Crippen molar-refractivity contribution in [1.82, 2.24) is 0 Å². The normalized spacial score (nSPS) is 28.7. The van der Waals surface area contributed by atoms with E-state index >= 15 is 0 Å². The summed E-state index contributed by atoms with van der Waals surface area (Å²) in [4.78, 5) is 23.7. The van der Waals surface area contributed by atoms with E-state index in [1.54, 1.807) is 12.2 Å². The van der Waals surface area contributed by atoms with E-state index in [9.17, 15) is 9.59 Å². The smallest absolute Gasteiger partial charge is 0.158 e. The lowest BCUT2D eigenvalue weighted by atomic mass is 9.80. The molecule has 2 heteroatoms. The average molecular weight is 234 g/mol. The molecule has 0 bridgehead atoms. The summed E-state index contributed by atoms with van der Waals surface area (Å²) in [5.41, 5.74) is 2.12. The van der Waals surface area contributed by atoms with E-state index in [0.29, 0.717) is 6.42 Å². The minimum Gasteiger partial charge on any atom is -0.295 e. The third-order valence-corrected chi connectivity index (χ3v) is 3.26. The Labute approximate surface area is 104 Å². The van der Waals surface area contributed by atoms with Crippen molar-refractivity contribution in [1.29, 1.82) is 0 Å². The van der Waals surface area contributed by atoms with E-state index in [-0.39, 0.29) is 23.4 Å². The van der Waals surface area contributed by atoms with Crippen LogP contribution in [0.15, 0.2) is 23.3 Å². The first kappa shape index (κ1) is 13.9. The monoisotopic (exact) mass is 234 g/mol. The van der Waals surface area contributed by atoms with Crippen molar-refractivity contribution in [2.45, 2.75) is 47.0 Å². The fourth-order valence-electron chi connectivity index (χ4n) is 2.35. The number of hydrogen-bond donors (Lipinski definition) is 0. The number of carbonyl (C=O) groups is 2. The maximum atomic E-state index is 12.1. The molecule has 94 valence electrons. The molecule has 1 rings (SSSR count). The molecule has 0 spiro atoms. The van der Waals surface area contributed by atoms with Crippen molar-refractivity contribution in [3.63, 3.8) is 0 Å². The van der Waals surface area contributed by atoms with Crippen molar-refractivity contribution in [3.05, 3.63) is 23.3 Å². The Morgan fingerprint density at radius 3 is 2.65 bits per heavy atom. The highest BCUT2D eigenvalue weighted by Gasteiger charge is 2.26. The lowest BCUT2D eigenvalue weighted by Gasteiger charge is -2.23. The van der Waals surface area contributed by atoms with E-state index in [4.69, 9.17) is 0 Å². The summed E-state index contributed by atoms with van der Waals surface area (Å²) in [5, 5.41) is 0. The topological polar surface area (TPSA) is 34.1 Å². The summed E-state index contributed by atoms with van der Waals surface area (Å²) in [6, 6.07) is 0. The van der Waals surface area contributed by atoms with Gasteiger partial charge < -0.3 is 0 Å². The van der Waals surface area contributed by atoms with E-state index in [1.165, 1.54) is 0 Å². The number of rotatable bonds is 2. The Hall–Kier alpha value is -1.18. The molecule has 0 amide bonds. The van der Waals surface area contributed by atoms with Gasteiger partial charge in [-0.05, 0) is 51.7 Å². The first-order valence-electron chi connectivity index (χ1n) is 6.29. The summed E-state index contributed by atoms with van der Waals surface area (Å²) in [6.07, 6.45) is 5.65. The predicted molar refractivity (Wildman–Crippen MR) is 69.7 cm³/mol. The van der Waals surface area contributed by atoms with Crippen LogP contribution in [0.4, 0.5) is 0 Å². The lowest BCUT2D eigenvalue weighted by Crippen LogP contribution is -2.24. The van der Waals surface area contributed by atoms with Crippen LogP contribution in [0.1, 0.15) is 47.0 Å². The van der Waals surface area contributed by atoms with Crippen LogP contribution >= 0.6 is 0 Å². The second-order valence-corrected chi connectivity index (χ2v) is 5.41. The van der Waals surface area contributed by atoms with Crippen molar-refractivity contribution in [2.75, 3.05) is 0 Å². The van der Waals surface area contributed by atoms with Gasteiger partial charge in [0, 0.05) is 12.3 Å². The van der Waals surface area contributed by atoms with Crippen LogP contribution in [0.3, 0.4) is 0 Å². The Balaban J connectivity index is 2.85. The molecule has 0 fully saturated rings. The molecule has 0 unspecified atom stereocenters. The molecular formula is C15H22O2. The summed E-state index contributed by atoms with van der Waals surface area (Å²) >= 11 is 0. The second-order valence-electron chi connectivity index (χ2n) is 5.41. The molecule has 0 aromatic rings. The number of carbonyl (C=O) groups excluding carboxylic acids is 2. The maximum absolute atomic E-state index is 12.1. The van der Waals surface area contributed by atoms with Gasteiger partial charge in [0.1, 0.15) is 0 Å². The Kier molecular flexibility index (Phi) is 4.86. The summed E-state index contributed by atoms with van der Waals surface area (Å²) in [7, 11) is 0. The largest absolute Gasteiger partial charge is 0.295 e. The van der Waals surface area contributed by atoms with Gasteiger partial charge in [-0.3, -0.25) is 9.59 Å². The fraction of sp³-hybridized carbons (Fsp3) is 0.600. The highest BCUT2D eigenvalue weighted by molar-refractivity contribution is 5.94. The van der Waals surface area contributed by atoms with Crippen molar-refractivity contribution in [3.8, 4) is 0 Å². The predicted octanol–water partition coefficient (Wildman–Crippen LogP) is 3.47. The van der Waals surface area contributed by atoms with E-state index < -0.39 is 0 Å². The zero-order valence-electron chi connectivity index (χ0n) is 11.2. The molecule has 0 saturated carbocycles. The maximum Gasteiger partial charge on any atom is 0.158 e. The van der Waals surface area contributed by atoms with Crippen molar-refractivity contribution < 1.29 is 9.59 Å². The number of hydrogen-bond acceptors (Lipinski definition) is 2. The lowest BCUT2D eigenvalue weighted by molar-refractivity contribution is -0.121. The quantitative estimate of drug-likeness (QED) is 0.685. The first-order valence-corrected chi connectivity index (χ1v) is 6.29. The van der Waals surface area contributed by atoms with Crippen LogP contribution in [0.5, 0.6) is 0 Å². The molecule has 0 aliphatic heterocycles. The average Bonchev–Trinajstić information content (AvgIpc) is 2.13. The molecule has 2 atom stereocenters. The summed E-state index contributed by atoms with van der Waals surface area (Å²) in [6.45, 7) is 7.84. The third kappa shape index (κ3) is 4.29. The van der Waals surface area contributed by atoms with Crippen LogP contribution in [0.25, 0.3) is 0 Å². The number of ketones is 2. The van der Waals surface area contributed by atoms with Gasteiger partial charge >= 0.3 is 0 Å². The molecule has 0 aromatic heterocycles. The Morgan fingerprint density at radius 1 is 1.41 bits per heavy atom. The third-order valence-electron chi connectivity index (χ3n) is 3.26. The van der Waals surface area contributed by atoms with Crippen molar-refractivity contribution >= 4 is 11.6 Å². The highest BCUT2D eigenvalue weighted by atomic mass is 16.1. The van der Waals surface area contributed by atoms with Gasteiger partial charge in [-0.2, -0.15) is 0 Å². The second kappa shape index (κ2) is 5.95. The van der Waals surface area contributed by atoms with Crippen LogP contribution in [-0.4, -0.2) is 11.6 Å². The minimum atomic E-state index is -0.00231. The van der Waals surface area contributed by atoms with Crippen molar-refractivity contribution in [2.24, 2.45) is 11.8 Å². The number of allylic oxidation sites excluding steroid dienone is 4.